The lowest BCUT2D eigenvalue weighted by molar-refractivity contribution is -0.123. The summed E-state index contributed by atoms with van der Waals surface area (Å²) < 4.78 is 0. The number of thioether (sulfide) groups is 1. The lowest BCUT2D eigenvalue weighted by Gasteiger charge is -2.17. The van der Waals surface area contributed by atoms with Crippen LogP contribution in [0.4, 0.5) is 0 Å². The number of pyridine rings is 1. The summed E-state index contributed by atoms with van der Waals surface area (Å²) in [5.74, 6) is 0.202. The molecule has 0 aliphatic rings. The molecule has 0 spiro atoms. The summed E-state index contributed by atoms with van der Waals surface area (Å²) in [5.41, 5.74) is 1.99. The number of aryl methyl sites for hydroxylation is 1. The number of rotatable bonds is 8. The van der Waals surface area contributed by atoms with E-state index < -0.39 is 6.04 Å². The van der Waals surface area contributed by atoms with Crippen molar-refractivity contribution in [1.29, 1.82) is 0 Å². The molecule has 0 fully saturated rings. The molecule has 0 unspecified atom stereocenters. The fourth-order valence-corrected chi connectivity index (χ4v) is 3.88. The van der Waals surface area contributed by atoms with Gasteiger partial charge in [0.2, 0.25) is 5.91 Å². The number of aromatic nitrogens is 2. The van der Waals surface area contributed by atoms with Crippen LogP contribution in [0.5, 0.6) is 0 Å². The summed E-state index contributed by atoms with van der Waals surface area (Å²) in [6.45, 7) is 2.27. The first-order valence-corrected chi connectivity index (χ1v) is 11.2. The molecule has 2 N–H and O–H groups in total. The second-order valence-electron chi connectivity index (χ2n) is 6.30. The summed E-state index contributed by atoms with van der Waals surface area (Å²) in [5, 5.41) is 9.46. The van der Waals surface area contributed by atoms with Gasteiger partial charge in [-0.15, -0.1) is 11.3 Å². The zero-order valence-corrected chi connectivity index (χ0v) is 17.4. The highest BCUT2D eigenvalue weighted by Crippen LogP contribution is 2.12. The Balaban J connectivity index is 1.67. The number of fused-ring (bicyclic) bond motifs is 1. The quantitative estimate of drug-likeness (QED) is 0.591. The van der Waals surface area contributed by atoms with Crippen LogP contribution >= 0.6 is 23.1 Å². The largest absolute Gasteiger partial charge is 0.348 e. The third-order valence-corrected chi connectivity index (χ3v) is 5.75. The number of hydrogen-bond acceptors (Lipinski definition) is 6. The molecule has 0 radical (unpaired) electrons. The van der Waals surface area contributed by atoms with Crippen molar-refractivity contribution in [2.75, 3.05) is 12.0 Å². The van der Waals surface area contributed by atoms with Gasteiger partial charge in [0.15, 0.2) is 0 Å². The fraction of sp³-hybridized carbons (Fsp3) is 0.300. The van der Waals surface area contributed by atoms with Crippen LogP contribution in [0.15, 0.2) is 41.8 Å². The van der Waals surface area contributed by atoms with Crippen LogP contribution in [0.2, 0.25) is 0 Å². The molecule has 3 rings (SSSR count). The SMILES string of the molecule is CSCC[C@@H](NC(=O)c1ccc2ccccc2n1)C(=O)NCc1nc(C)cs1. The molecule has 2 amide bonds. The Bertz CT molecular complexity index is 974. The molecular weight excluding hydrogens is 392 g/mol. The van der Waals surface area contributed by atoms with Gasteiger partial charge in [-0.05, 0) is 37.5 Å². The number of para-hydroxylation sites is 1. The lowest BCUT2D eigenvalue weighted by atomic mass is 10.1. The van der Waals surface area contributed by atoms with Crippen molar-refractivity contribution < 1.29 is 9.59 Å². The summed E-state index contributed by atoms with van der Waals surface area (Å²) in [7, 11) is 0. The van der Waals surface area contributed by atoms with E-state index >= 15 is 0 Å². The Labute approximate surface area is 172 Å². The van der Waals surface area contributed by atoms with E-state index in [-0.39, 0.29) is 11.8 Å². The molecule has 1 atom stereocenters. The van der Waals surface area contributed by atoms with E-state index in [0.29, 0.717) is 18.7 Å². The van der Waals surface area contributed by atoms with Gasteiger partial charge < -0.3 is 10.6 Å². The molecule has 2 aromatic heterocycles. The topological polar surface area (TPSA) is 84.0 Å². The van der Waals surface area contributed by atoms with E-state index in [2.05, 4.69) is 20.6 Å². The first kappa shape index (κ1) is 20.3. The van der Waals surface area contributed by atoms with Crippen LogP contribution in [-0.2, 0) is 11.3 Å². The maximum absolute atomic E-state index is 12.7. The van der Waals surface area contributed by atoms with E-state index in [1.54, 1.807) is 17.8 Å². The summed E-state index contributed by atoms with van der Waals surface area (Å²) in [6, 6.07) is 10.5. The predicted molar refractivity (Wildman–Crippen MR) is 115 cm³/mol. The average molecular weight is 415 g/mol. The number of carbonyl (C=O) groups excluding carboxylic acids is 2. The summed E-state index contributed by atoms with van der Waals surface area (Å²) in [4.78, 5) is 34.1. The van der Waals surface area contributed by atoms with Crippen LogP contribution in [0.25, 0.3) is 10.9 Å². The summed E-state index contributed by atoms with van der Waals surface area (Å²) in [6.07, 6.45) is 2.52. The molecule has 28 heavy (non-hydrogen) atoms. The normalized spacial score (nSPS) is 11.9. The molecule has 1 aromatic carbocycles. The van der Waals surface area contributed by atoms with Crippen molar-refractivity contribution in [3.8, 4) is 0 Å². The van der Waals surface area contributed by atoms with Gasteiger partial charge in [-0.3, -0.25) is 9.59 Å². The minimum atomic E-state index is -0.616. The van der Waals surface area contributed by atoms with Crippen LogP contribution in [0.3, 0.4) is 0 Å². The first-order valence-electron chi connectivity index (χ1n) is 8.91. The standard InChI is InChI=1S/C20H22N4O2S2/c1-13-12-28-18(22-13)11-21-19(25)17(9-10-27-2)24-20(26)16-8-7-14-5-3-4-6-15(14)23-16/h3-8,12,17H,9-11H2,1-2H3,(H,21,25)(H,24,26)/t17-/m1/s1. The average Bonchev–Trinajstić information content (AvgIpc) is 3.13. The monoisotopic (exact) mass is 414 g/mol. The Morgan fingerprint density at radius 3 is 2.75 bits per heavy atom. The van der Waals surface area contributed by atoms with Gasteiger partial charge in [0.1, 0.15) is 16.7 Å². The predicted octanol–water partition coefficient (Wildman–Crippen LogP) is 3.17. The van der Waals surface area contributed by atoms with Crippen LogP contribution in [0, 0.1) is 6.92 Å². The second-order valence-corrected chi connectivity index (χ2v) is 8.23. The molecule has 0 bridgehead atoms. The van der Waals surface area contributed by atoms with Crippen molar-refractivity contribution in [2.45, 2.75) is 25.9 Å². The van der Waals surface area contributed by atoms with E-state index in [0.717, 1.165) is 27.4 Å². The van der Waals surface area contributed by atoms with Gasteiger partial charge >= 0.3 is 0 Å². The summed E-state index contributed by atoms with van der Waals surface area (Å²) >= 11 is 3.14. The van der Waals surface area contributed by atoms with Crippen LogP contribution in [-0.4, -0.2) is 39.8 Å². The minimum Gasteiger partial charge on any atom is -0.348 e. The number of nitrogens with zero attached hydrogens (tertiary/aromatic N) is 2. The highest BCUT2D eigenvalue weighted by atomic mass is 32.2. The third-order valence-electron chi connectivity index (χ3n) is 4.14. The van der Waals surface area contributed by atoms with Gasteiger partial charge in [-0.25, -0.2) is 9.97 Å². The number of hydrogen-bond donors (Lipinski definition) is 2. The maximum Gasteiger partial charge on any atom is 0.270 e. The Hall–Kier alpha value is -2.45. The van der Waals surface area contributed by atoms with Crippen molar-refractivity contribution >= 4 is 45.8 Å². The van der Waals surface area contributed by atoms with Crippen LogP contribution < -0.4 is 10.6 Å². The third kappa shape index (κ3) is 5.30. The molecule has 6 nitrogen and oxygen atoms in total. The number of benzene rings is 1. The molecule has 8 heteroatoms. The first-order chi connectivity index (χ1) is 13.6. The zero-order chi connectivity index (χ0) is 19.9. The van der Waals surface area contributed by atoms with Crippen molar-refractivity contribution in [1.82, 2.24) is 20.6 Å². The Morgan fingerprint density at radius 1 is 1.18 bits per heavy atom. The Kier molecular flexibility index (Phi) is 7.00. The van der Waals surface area contributed by atoms with E-state index in [4.69, 9.17) is 0 Å². The molecule has 0 aliphatic heterocycles. The van der Waals surface area contributed by atoms with Gasteiger partial charge in [0, 0.05) is 16.5 Å². The lowest BCUT2D eigenvalue weighted by Crippen LogP contribution is -2.47. The van der Waals surface area contributed by atoms with Crippen molar-refractivity contribution in [3.63, 3.8) is 0 Å². The van der Waals surface area contributed by atoms with Gasteiger partial charge in [-0.2, -0.15) is 11.8 Å². The van der Waals surface area contributed by atoms with Crippen LogP contribution in [0.1, 0.15) is 27.6 Å². The van der Waals surface area contributed by atoms with Gasteiger partial charge in [0.05, 0.1) is 12.1 Å². The second kappa shape index (κ2) is 9.66. The highest BCUT2D eigenvalue weighted by molar-refractivity contribution is 7.98. The zero-order valence-electron chi connectivity index (χ0n) is 15.8. The maximum atomic E-state index is 12.7. The molecule has 3 aromatic rings. The van der Waals surface area contributed by atoms with Gasteiger partial charge in [-0.1, -0.05) is 24.3 Å². The molecule has 146 valence electrons. The number of thiazole rings is 1. The number of nitrogens with one attached hydrogen (secondary N) is 2. The molecule has 2 heterocycles. The van der Waals surface area contributed by atoms with E-state index in [1.807, 2.05) is 48.9 Å². The number of carbonyl (C=O) groups is 2. The smallest absolute Gasteiger partial charge is 0.270 e. The van der Waals surface area contributed by atoms with E-state index in [1.165, 1.54) is 11.3 Å². The van der Waals surface area contributed by atoms with Crippen molar-refractivity contribution in [2.24, 2.45) is 0 Å². The van der Waals surface area contributed by atoms with Gasteiger partial charge in [0.25, 0.3) is 5.91 Å². The van der Waals surface area contributed by atoms with E-state index in [9.17, 15) is 9.59 Å². The Morgan fingerprint density at radius 2 is 2.00 bits per heavy atom. The molecule has 0 aliphatic carbocycles. The minimum absolute atomic E-state index is 0.212. The molecule has 0 saturated carbocycles. The number of amides is 2. The highest BCUT2D eigenvalue weighted by Gasteiger charge is 2.22. The molecule has 0 saturated heterocycles. The van der Waals surface area contributed by atoms with Crippen molar-refractivity contribution in [3.05, 3.63) is 58.2 Å². The fourth-order valence-electron chi connectivity index (χ4n) is 2.70. The molecular formula is C20H22N4O2S2.